The molecular formula is C19H19Cl2N5OS. The minimum Gasteiger partial charge on any atom is -0.349 e. The van der Waals surface area contributed by atoms with E-state index in [1.165, 1.54) is 11.8 Å². The molecule has 2 aromatic heterocycles. The average Bonchev–Trinajstić information content (AvgIpc) is 3.09. The highest BCUT2D eigenvalue weighted by Gasteiger charge is 2.17. The van der Waals surface area contributed by atoms with Crippen LogP contribution in [0.5, 0.6) is 0 Å². The molecule has 1 N–H and O–H groups in total. The maximum atomic E-state index is 12.4. The topological polar surface area (TPSA) is 72.7 Å². The molecule has 3 rings (SSSR count). The first-order chi connectivity index (χ1) is 13.5. The van der Waals surface area contributed by atoms with Gasteiger partial charge in [-0.3, -0.25) is 9.78 Å². The Morgan fingerprint density at radius 2 is 1.96 bits per heavy atom. The Kier molecular flexibility index (Phi) is 6.93. The van der Waals surface area contributed by atoms with Crippen molar-refractivity contribution >= 4 is 40.9 Å². The lowest BCUT2D eigenvalue weighted by Gasteiger charge is -2.16. The number of nitrogens with zero attached hydrogens (tertiary/aromatic N) is 4. The normalized spacial score (nSPS) is 12.0. The molecule has 9 heteroatoms. The number of carbonyl (C=O) groups excluding carboxylic acids is 1. The first-order valence-corrected chi connectivity index (χ1v) is 10.4. The number of aromatic nitrogens is 4. The lowest BCUT2D eigenvalue weighted by molar-refractivity contribution is -0.119. The summed E-state index contributed by atoms with van der Waals surface area (Å²) in [5, 5.41) is 13.2. The van der Waals surface area contributed by atoms with E-state index >= 15 is 0 Å². The van der Waals surface area contributed by atoms with Gasteiger partial charge in [0.15, 0.2) is 11.0 Å². The minimum absolute atomic E-state index is 0.111. The maximum absolute atomic E-state index is 12.4. The molecule has 0 saturated carbocycles. The van der Waals surface area contributed by atoms with E-state index in [9.17, 15) is 4.79 Å². The summed E-state index contributed by atoms with van der Waals surface area (Å²) in [4.78, 5) is 16.4. The lowest BCUT2D eigenvalue weighted by Crippen LogP contribution is -2.28. The Balaban J connectivity index is 1.64. The van der Waals surface area contributed by atoms with Crippen LogP contribution in [0.4, 0.5) is 0 Å². The van der Waals surface area contributed by atoms with Crippen LogP contribution in [0.3, 0.4) is 0 Å². The van der Waals surface area contributed by atoms with Gasteiger partial charge in [-0.05, 0) is 43.7 Å². The summed E-state index contributed by atoms with van der Waals surface area (Å²) in [7, 11) is 0. The van der Waals surface area contributed by atoms with Crippen LogP contribution < -0.4 is 5.32 Å². The summed E-state index contributed by atoms with van der Waals surface area (Å²) < 4.78 is 1.98. The van der Waals surface area contributed by atoms with Crippen molar-refractivity contribution in [2.75, 3.05) is 5.75 Å². The molecule has 1 unspecified atom stereocenters. The standard InChI is InChI=1S/C19H19Cl2N5OS/c1-3-26-18(13-6-8-22-9-7-13)24-25-19(26)28-11-17(27)23-12(2)15-5-4-14(20)10-16(15)21/h4-10,12H,3,11H2,1-2H3,(H,23,27). The number of nitrogens with one attached hydrogen (secondary N) is 1. The van der Waals surface area contributed by atoms with Gasteiger partial charge in [0.2, 0.25) is 5.91 Å². The number of hydrogen-bond acceptors (Lipinski definition) is 5. The van der Waals surface area contributed by atoms with Crippen molar-refractivity contribution in [2.45, 2.75) is 31.6 Å². The van der Waals surface area contributed by atoms with Gasteiger partial charge >= 0.3 is 0 Å². The third-order valence-corrected chi connectivity index (χ3v) is 5.64. The SMILES string of the molecule is CCn1c(SCC(=O)NC(C)c2ccc(Cl)cc2Cl)nnc1-c1ccncc1. The van der Waals surface area contributed by atoms with Gasteiger partial charge in [0.1, 0.15) is 0 Å². The van der Waals surface area contributed by atoms with Crippen LogP contribution in [0.25, 0.3) is 11.4 Å². The minimum atomic E-state index is -0.228. The molecule has 0 radical (unpaired) electrons. The van der Waals surface area contributed by atoms with Crippen LogP contribution in [0.1, 0.15) is 25.5 Å². The van der Waals surface area contributed by atoms with Crippen molar-refractivity contribution in [3.63, 3.8) is 0 Å². The highest BCUT2D eigenvalue weighted by Crippen LogP contribution is 2.27. The van der Waals surface area contributed by atoms with Gasteiger partial charge in [-0.1, -0.05) is 41.0 Å². The van der Waals surface area contributed by atoms with Gasteiger partial charge in [-0.25, -0.2) is 0 Å². The van der Waals surface area contributed by atoms with E-state index in [1.807, 2.05) is 36.6 Å². The molecule has 28 heavy (non-hydrogen) atoms. The number of thioether (sulfide) groups is 1. The summed E-state index contributed by atoms with van der Waals surface area (Å²) in [6.07, 6.45) is 3.43. The second kappa shape index (κ2) is 9.41. The largest absolute Gasteiger partial charge is 0.349 e. The number of rotatable bonds is 7. The summed E-state index contributed by atoms with van der Waals surface area (Å²) in [5.41, 5.74) is 1.76. The van der Waals surface area contributed by atoms with Crippen molar-refractivity contribution in [3.05, 3.63) is 58.3 Å². The van der Waals surface area contributed by atoms with Gasteiger partial charge in [0.25, 0.3) is 0 Å². The molecular weight excluding hydrogens is 417 g/mol. The van der Waals surface area contributed by atoms with Crippen molar-refractivity contribution in [1.29, 1.82) is 0 Å². The molecule has 1 atom stereocenters. The van der Waals surface area contributed by atoms with E-state index < -0.39 is 0 Å². The van der Waals surface area contributed by atoms with Crippen molar-refractivity contribution in [1.82, 2.24) is 25.1 Å². The molecule has 6 nitrogen and oxygen atoms in total. The third kappa shape index (κ3) is 4.84. The predicted octanol–water partition coefficient (Wildman–Crippen LogP) is 4.64. The molecule has 2 heterocycles. The summed E-state index contributed by atoms with van der Waals surface area (Å²) in [6.45, 7) is 4.60. The molecule has 0 fully saturated rings. The zero-order chi connectivity index (χ0) is 20.1. The Morgan fingerprint density at radius 1 is 1.21 bits per heavy atom. The van der Waals surface area contributed by atoms with E-state index in [0.717, 1.165) is 17.0 Å². The fourth-order valence-corrected chi connectivity index (χ4v) is 4.12. The summed E-state index contributed by atoms with van der Waals surface area (Å²) in [6, 6.07) is 8.78. The van der Waals surface area contributed by atoms with Crippen LogP contribution in [0.15, 0.2) is 47.9 Å². The number of halogens is 2. The molecule has 0 saturated heterocycles. The molecule has 0 aliphatic carbocycles. The Bertz CT molecular complexity index is 964. The molecule has 3 aromatic rings. The van der Waals surface area contributed by atoms with E-state index in [2.05, 4.69) is 20.5 Å². The van der Waals surface area contributed by atoms with E-state index in [-0.39, 0.29) is 17.7 Å². The Morgan fingerprint density at radius 3 is 2.64 bits per heavy atom. The van der Waals surface area contributed by atoms with Gasteiger partial charge in [0.05, 0.1) is 11.8 Å². The Labute approximate surface area is 177 Å². The maximum Gasteiger partial charge on any atom is 0.230 e. The van der Waals surface area contributed by atoms with E-state index in [0.29, 0.717) is 21.7 Å². The number of benzene rings is 1. The molecule has 0 spiro atoms. The highest BCUT2D eigenvalue weighted by molar-refractivity contribution is 7.99. The van der Waals surface area contributed by atoms with Crippen molar-refractivity contribution in [2.24, 2.45) is 0 Å². The van der Waals surface area contributed by atoms with Crippen molar-refractivity contribution < 1.29 is 4.79 Å². The highest BCUT2D eigenvalue weighted by atomic mass is 35.5. The second-order valence-corrected chi connectivity index (χ2v) is 7.82. The number of amides is 1. The van der Waals surface area contributed by atoms with E-state index in [1.54, 1.807) is 24.5 Å². The molecule has 146 valence electrons. The molecule has 0 aliphatic heterocycles. The lowest BCUT2D eigenvalue weighted by atomic mass is 10.1. The second-order valence-electron chi connectivity index (χ2n) is 6.03. The first kappa shape index (κ1) is 20.6. The fraction of sp³-hybridized carbons (Fsp3) is 0.263. The monoisotopic (exact) mass is 435 g/mol. The van der Waals surface area contributed by atoms with E-state index in [4.69, 9.17) is 23.2 Å². The molecule has 1 aromatic carbocycles. The van der Waals surface area contributed by atoms with Gasteiger partial charge in [0, 0.05) is 34.5 Å². The van der Waals surface area contributed by atoms with Crippen LogP contribution in [0.2, 0.25) is 10.0 Å². The van der Waals surface area contributed by atoms with Gasteiger partial charge in [-0.2, -0.15) is 0 Å². The van der Waals surface area contributed by atoms with Gasteiger partial charge in [-0.15, -0.1) is 10.2 Å². The number of carbonyl (C=O) groups is 1. The first-order valence-electron chi connectivity index (χ1n) is 8.70. The molecule has 0 aliphatic rings. The summed E-state index contributed by atoms with van der Waals surface area (Å²) in [5.74, 6) is 0.873. The quantitative estimate of drug-likeness (QED) is 0.547. The van der Waals surface area contributed by atoms with Crippen molar-refractivity contribution in [3.8, 4) is 11.4 Å². The zero-order valence-corrected chi connectivity index (χ0v) is 17.7. The van der Waals surface area contributed by atoms with Crippen LogP contribution >= 0.6 is 35.0 Å². The fourth-order valence-electron chi connectivity index (χ4n) is 2.74. The average molecular weight is 436 g/mol. The number of pyridine rings is 1. The Hall–Kier alpha value is -2.09. The summed E-state index contributed by atoms with van der Waals surface area (Å²) >= 11 is 13.5. The molecule has 1 amide bonds. The zero-order valence-electron chi connectivity index (χ0n) is 15.4. The van der Waals surface area contributed by atoms with Crippen LogP contribution in [-0.2, 0) is 11.3 Å². The predicted molar refractivity (Wildman–Crippen MR) is 113 cm³/mol. The third-order valence-electron chi connectivity index (χ3n) is 4.11. The van der Waals surface area contributed by atoms with Crippen LogP contribution in [0, 0.1) is 0 Å². The van der Waals surface area contributed by atoms with Gasteiger partial charge < -0.3 is 9.88 Å². The number of hydrogen-bond donors (Lipinski definition) is 1. The smallest absolute Gasteiger partial charge is 0.230 e. The molecule has 0 bridgehead atoms. The van der Waals surface area contributed by atoms with Crippen LogP contribution in [-0.4, -0.2) is 31.4 Å².